The van der Waals surface area contributed by atoms with Gasteiger partial charge in [0.25, 0.3) is 5.91 Å². The molecule has 1 saturated carbocycles. The second kappa shape index (κ2) is 5.59. The van der Waals surface area contributed by atoms with E-state index in [0.717, 1.165) is 19.3 Å². The molecule has 0 bridgehead atoms. The Balaban J connectivity index is 1.89. The molecule has 0 spiro atoms. The highest BCUT2D eigenvalue weighted by Crippen LogP contribution is 2.25. The molecular weight excluding hydrogens is 254 g/mol. The number of hydrogen-bond acceptors (Lipinski definition) is 3. The first-order valence-corrected chi connectivity index (χ1v) is 6.39. The number of carbonyl (C=O) groups is 1. The smallest absolute Gasteiger partial charge is 0.251 e. The Morgan fingerprint density at radius 3 is 2.83 bits per heavy atom. The largest absolute Gasteiger partial charge is 0.506 e. The molecule has 0 radical (unpaired) electrons. The van der Waals surface area contributed by atoms with Gasteiger partial charge in [-0.2, -0.15) is 0 Å². The van der Waals surface area contributed by atoms with Gasteiger partial charge in [-0.1, -0.05) is 11.6 Å². The number of nitrogens with one attached hydrogen (secondary N) is 1. The van der Waals surface area contributed by atoms with Crippen LogP contribution in [0.4, 0.5) is 0 Å². The van der Waals surface area contributed by atoms with E-state index < -0.39 is 0 Å². The number of halogens is 1. The van der Waals surface area contributed by atoms with Crippen molar-refractivity contribution >= 4 is 17.5 Å². The van der Waals surface area contributed by atoms with E-state index in [2.05, 4.69) is 5.32 Å². The van der Waals surface area contributed by atoms with Gasteiger partial charge in [0, 0.05) is 12.1 Å². The molecule has 2 rings (SSSR count). The number of rotatable bonds is 3. The number of aliphatic hydroxyl groups excluding tert-OH is 1. The molecule has 4 nitrogen and oxygen atoms in total. The molecule has 2 atom stereocenters. The Bertz CT molecular complexity index is 450. The van der Waals surface area contributed by atoms with Crippen LogP contribution in [0.1, 0.15) is 29.6 Å². The highest BCUT2D eigenvalue weighted by atomic mass is 35.5. The molecule has 1 aliphatic rings. The number of hydrogen-bond donors (Lipinski definition) is 3. The fourth-order valence-corrected chi connectivity index (χ4v) is 2.40. The molecule has 0 aliphatic heterocycles. The minimum Gasteiger partial charge on any atom is -0.506 e. The maximum Gasteiger partial charge on any atom is 0.251 e. The number of carbonyl (C=O) groups excluding carboxylic acids is 1. The van der Waals surface area contributed by atoms with Crippen LogP contribution in [0.3, 0.4) is 0 Å². The first-order valence-electron chi connectivity index (χ1n) is 6.01. The minimum atomic E-state index is -0.227. The molecular formula is C13H16ClNO3. The van der Waals surface area contributed by atoms with Crippen LogP contribution in [-0.2, 0) is 0 Å². The van der Waals surface area contributed by atoms with Crippen molar-refractivity contribution in [1.82, 2.24) is 5.32 Å². The molecule has 1 aliphatic carbocycles. The zero-order valence-electron chi connectivity index (χ0n) is 9.90. The zero-order chi connectivity index (χ0) is 13.1. The van der Waals surface area contributed by atoms with Crippen molar-refractivity contribution in [3.05, 3.63) is 28.8 Å². The van der Waals surface area contributed by atoms with E-state index in [-0.39, 0.29) is 22.8 Å². The van der Waals surface area contributed by atoms with Gasteiger partial charge in [0.15, 0.2) is 0 Å². The Labute approximate surface area is 111 Å². The van der Waals surface area contributed by atoms with Crippen molar-refractivity contribution in [2.75, 3.05) is 6.54 Å². The van der Waals surface area contributed by atoms with Gasteiger partial charge in [0.1, 0.15) is 5.75 Å². The standard InChI is InChI=1S/C13H16ClNO3/c14-11-6-9(2-4-12(11)17)13(18)15-7-8-1-3-10(16)5-8/h2,4,6,8,10,16-17H,1,3,5,7H2,(H,15,18). The lowest BCUT2D eigenvalue weighted by Gasteiger charge is -2.11. The lowest BCUT2D eigenvalue weighted by molar-refractivity contribution is 0.0945. The topological polar surface area (TPSA) is 69.6 Å². The van der Waals surface area contributed by atoms with Crippen LogP contribution in [0.15, 0.2) is 18.2 Å². The molecule has 98 valence electrons. The molecule has 0 aromatic heterocycles. The summed E-state index contributed by atoms with van der Waals surface area (Å²) in [5, 5.41) is 21.6. The molecule has 5 heteroatoms. The maximum atomic E-state index is 11.8. The highest BCUT2D eigenvalue weighted by Gasteiger charge is 2.23. The van der Waals surface area contributed by atoms with E-state index in [9.17, 15) is 15.0 Å². The quantitative estimate of drug-likeness (QED) is 0.785. The predicted octanol–water partition coefficient (Wildman–Crippen LogP) is 1.94. The van der Waals surface area contributed by atoms with Crippen LogP contribution in [0, 0.1) is 5.92 Å². The summed E-state index contributed by atoms with van der Waals surface area (Å²) < 4.78 is 0. The summed E-state index contributed by atoms with van der Waals surface area (Å²) >= 11 is 5.74. The van der Waals surface area contributed by atoms with Crippen LogP contribution >= 0.6 is 11.6 Å². The Kier molecular flexibility index (Phi) is 4.09. The normalized spacial score (nSPS) is 23.0. The third-order valence-corrected chi connectivity index (χ3v) is 3.58. The van der Waals surface area contributed by atoms with Gasteiger partial charge in [0.05, 0.1) is 11.1 Å². The summed E-state index contributed by atoms with van der Waals surface area (Å²) in [6.45, 7) is 0.564. The molecule has 1 fully saturated rings. The lowest BCUT2D eigenvalue weighted by Crippen LogP contribution is -2.28. The number of phenolic OH excluding ortho intramolecular Hbond substituents is 1. The third kappa shape index (κ3) is 3.15. The molecule has 0 heterocycles. The predicted molar refractivity (Wildman–Crippen MR) is 68.8 cm³/mol. The molecule has 18 heavy (non-hydrogen) atoms. The van der Waals surface area contributed by atoms with Crippen molar-refractivity contribution < 1.29 is 15.0 Å². The van der Waals surface area contributed by atoms with E-state index in [1.54, 1.807) is 0 Å². The van der Waals surface area contributed by atoms with Gasteiger partial charge in [-0.15, -0.1) is 0 Å². The van der Waals surface area contributed by atoms with Gasteiger partial charge in [-0.05, 0) is 43.4 Å². The second-order valence-electron chi connectivity index (χ2n) is 4.71. The number of benzene rings is 1. The Morgan fingerprint density at radius 2 is 2.22 bits per heavy atom. The van der Waals surface area contributed by atoms with Crippen LogP contribution in [0.25, 0.3) is 0 Å². The molecule has 3 N–H and O–H groups in total. The number of amides is 1. The van der Waals surface area contributed by atoms with Gasteiger partial charge < -0.3 is 15.5 Å². The van der Waals surface area contributed by atoms with Gasteiger partial charge >= 0.3 is 0 Å². The number of aliphatic hydroxyl groups is 1. The van der Waals surface area contributed by atoms with Crippen molar-refractivity contribution in [3.63, 3.8) is 0 Å². The average Bonchev–Trinajstić information content (AvgIpc) is 2.75. The number of aromatic hydroxyl groups is 1. The van der Waals surface area contributed by atoms with Crippen LogP contribution in [0.2, 0.25) is 5.02 Å². The van der Waals surface area contributed by atoms with Gasteiger partial charge in [0.2, 0.25) is 0 Å². The summed E-state index contributed by atoms with van der Waals surface area (Å²) in [6.07, 6.45) is 2.27. The van der Waals surface area contributed by atoms with E-state index in [4.69, 9.17) is 11.6 Å². The van der Waals surface area contributed by atoms with E-state index in [1.807, 2.05) is 0 Å². The monoisotopic (exact) mass is 269 g/mol. The summed E-state index contributed by atoms with van der Waals surface area (Å²) in [6, 6.07) is 4.37. The Morgan fingerprint density at radius 1 is 1.44 bits per heavy atom. The fraction of sp³-hybridized carbons (Fsp3) is 0.462. The molecule has 1 amide bonds. The van der Waals surface area contributed by atoms with Crippen LogP contribution < -0.4 is 5.32 Å². The summed E-state index contributed by atoms with van der Waals surface area (Å²) in [4.78, 5) is 11.8. The van der Waals surface area contributed by atoms with Crippen molar-refractivity contribution in [2.24, 2.45) is 5.92 Å². The van der Waals surface area contributed by atoms with Crippen molar-refractivity contribution in [2.45, 2.75) is 25.4 Å². The Hall–Kier alpha value is -1.26. The molecule has 2 unspecified atom stereocenters. The minimum absolute atomic E-state index is 0.0351. The second-order valence-corrected chi connectivity index (χ2v) is 5.12. The summed E-state index contributed by atoms with van der Waals surface area (Å²) in [5.41, 5.74) is 0.427. The van der Waals surface area contributed by atoms with E-state index in [0.29, 0.717) is 18.0 Å². The maximum absolute atomic E-state index is 11.8. The van der Waals surface area contributed by atoms with Crippen LogP contribution in [0.5, 0.6) is 5.75 Å². The van der Waals surface area contributed by atoms with Gasteiger partial charge in [-0.25, -0.2) is 0 Å². The first kappa shape index (κ1) is 13.2. The summed E-state index contributed by atoms with van der Waals surface area (Å²) in [5.74, 6) is 0.0990. The van der Waals surface area contributed by atoms with E-state index in [1.165, 1.54) is 18.2 Å². The van der Waals surface area contributed by atoms with Crippen molar-refractivity contribution in [1.29, 1.82) is 0 Å². The lowest BCUT2D eigenvalue weighted by atomic mass is 10.1. The highest BCUT2D eigenvalue weighted by molar-refractivity contribution is 6.32. The molecule has 0 saturated heterocycles. The average molecular weight is 270 g/mol. The molecule has 1 aromatic carbocycles. The van der Waals surface area contributed by atoms with Gasteiger partial charge in [-0.3, -0.25) is 4.79 Å². The SMILES string of the molecule is O=C(NCC1CCC(O)C1)c1ccc(O)c(Cl)c1. The fourth-order valence-electron chi connectivity index (χ4n) is 2.22. The first-order chi connectivity index (χ1) is 8.56. The zero-order valence-corrected chi connectivity index (χ0v) is 10.7. The summed E-state index contributed by atoms with van der Waals surface area (Å²) in [7, 11) is 0. The van der Waals surface area contributed by atoms with Crippen molar-refractivity contribution in [3.8, 4) is 5.75 Å². The van der Waals surface area contributed by atoms with E-state index >= 15 is 0 Å². The number of phenols is 1. The third-order valence-electron chi connectivity index (χ3n) is 3.27. The van der Waals surface area contributed by atoms with Crippen LogP contribution in [-0.4, -0.2) is 28.8 Å². The molecule has 1 aromatic rings.